The summed E-state index contributed by atoms with van der Waals surface area (Å²) >= 11 is 5.94. The first-order chi connectivity index (χ1) is 12.2. The lowest BCUT2D eigenvalue weighted by atomic mass is 9.94. The Hall–Kier alpha value is -2.05. The number of allylic oxidation sites excluding steroid dienone is 6. The van der Waals surface area contributed by atoms with Gasteiger partial charge in [-0.15, -0.1) is 11.6 Å². The second-order valence-electron chi connectivity index (χ2n) is 5.64. The normalized spacial score (nSPS) is 12.0. The van der Waals surface area contributed by atoms with Crippen LogP contribution in [0.25, 0.3) is 11.1 Å². The molecule has 2 aromatic carbocycles. The van der Waals surface area contributed by atoms with E-state index in [-0.39, 0.29) is 0 Å². The van der Waals surface area contributed by atoms with Crippen molar-refractivity contribution in [3.05, 3.63) is 96.1 Å². The summed E-state index contributed by atoms with van der Waals surface area (Å²) in [6.07, 6.45) is 10.3. The van der Waals surface area contributed by atoms with E-state index in [1.54, 1.807) is 0 Å². The van der Waals surface area contributed by atoms with Crippen LogP contribution in [0.1, 0.15) is 44.7 Å². The van der Waals surface area contributed by atoms with Crippen molar-refractivity contribution >= 4 is 22.7 Å². The SMILES string of the molecule is C/C(=C(\CCCl)c1ccccc1)c1ccccc1.C/C=C\C=C/CC. The van der Waals surface area contributed by atoms with Crippen molar-refractivity contribution < 1.29 is 0 Å². The van der Waals surface area contributed by atoms with Crippen LogP contribution in [0.2, 0.25) is 0 Å². The van der Waals surface area contributed by atoms with E-state index in [0.717, 1.165) is 12.8 Å². The Bertz CT molecular complexity index is 664. The van der Waals surface area contributed by atoms with Crippen LogP contribution in [0.3, 0.4) is 0 Å². The Kier molecular flexibility index (Phi) is 11.1. The van der Waals surface area contributed by atoms with Gasteiger partial charge in [0.25, 0.3) is 0 Å². The minimum atomic E-state index is 0.647. The summed E-state index contributed by atoms with van der Waals surface area (Å²) in [5.74, 6) is 0.647. The van der Waals surface area contributed by atoms with Crippen molar-refractivity contribution in [3.63, 3.8) is 0 Å². The van der Waals surface area contributed by atoms with Gasteiger partial charge >= 0.3 is 0 Å². The Labute approximate surface area is 158 Å². The molecule has 0 nitrogen and oxygen atoms in total. The molecule has 0 bridgehead atoms. The fourth-order valence-electron chi connectivity index (χ4n) is 2.47. The minimum Gasteiger partial charge on any atom is -0.126 e. The van der Waals surface area contributed by atoms with Gasteiger partial charge in [-0.25, -0.2) is 0 Å². The Morgan fingerprint density at radius 2 is 1.44 bits per heavy atom. The van der Waals surface area contributed by atoms with E-state index < -0.39 is 0 Å². The summed E-state index contributed by atoms with van der Waals surface area (Å²) < 4.78 is 0. The summed E-state index contributed by atoms with van der Waals surface area (Å²) in [6.45, 7) is 6.31. The molecule has 0 atom stereocenters. The van der Waals surface area contributed by atoms with E-state index in [1.165, 1.54) is 22.3 Å². The highest BCUT2D eigenvalue weighted by atomic mass is 35.5. The topological polar surface area (TPSA) is 0 Å². The predicted octanol–water partition coefficient (Wildman–Crippen LogP) is 7.77. The zero-order valence-corrected chi connectivity index (χ0v) is 16.3. The molecule has 0 N–H and O–H groups in total. The van der Waals surface area contributed by atoms with E-state index in [0.29, 0.717) is 5.88 Å². The quantitative estimate of drug-likeness (QED) is 0.283. The average Bonchev–Trinajstić information content (AvgIpc) is 2.68. The van der Waals surface area contributed by atoms with E-state index in [1.807, 2.05) is 31.2 Å². The number of rotatable bonds is 6. The van der Waals surface area contributed by atoms with Gasteiger partial charge < -0.3 is 0 Å². The molecule has 0 aromatic heterocycles. The maximum Gasteiger partial charge on any atom is 0.0264 e. The standard InChI is InChI=1S/C17H17Cl.C7H12/c1-14(15-8-4-2-5-9-15)17(12-13-18)16-10-6-3-7-11-16;1-3-5-7-6-4-2/h2-11H,12-13H2,1H3;3,5-7H,4H2,1-2H3/b17-14-;5-3-,7-6-. The molecule has 1 heteroatoms. The van der Waals surface area contributed by atoms with Crippen molar-refractivity contribution in [2.24, 2.45) is 0 Å². The summed E-state index contributed by atoms with van der Waals surface area (Å²) in [5, 5.41) is 0. The average molecular weight is 353 g/mol. The first-order valence-corrected chi connectivity index (χ1v) is 9.42. The van der Waals surface area contributed by atoms with Crippen LogP contribution >= 0.6 is 11.6 Å². The zero-order chi connectivity index (χ0) is 18.3. The van der Waals surface area contributed by atoms with Gasteiger partial charge in [0, 0.05) is 5.88 Å². The van der Waals surface area contributed by atoms with Crippen LogP contribution in [0.15, 0.2) is 85.0 Å². The highest BCUT2D eigenvalue weighted by Gasteiger charge is 2.06. The maximum atomic E-state index is 5.94. The van der Waals surface area contributed by atoms with Gasteiger partial charge in [-0.3, -0.25) is 0 Å². The summed E-state index contributed by atoms with van der Waals surface area (Å²) in [6, 6.07) is 21.0. The molecule has 2 rings (SSSR count). The van der Waals surface area contributed by atoms with Gasteiger partial charge in [0.1, 0.15) is 0 Å². The third-order valence-electron chi connectivity index (χ3n) is 3.80. The third kappa shape index (κ3) is 8.05. The monoisotopic (exact) mass is 352 g/mol. The number of alkyl halides is 1. The van der Waals surface area contributed by atoms with Crippen LogP contribution < -0.4 is 0 Å². The first-order valence-electron chi connectivity index (χ1n) is 8.88. The second-order valence-corrected chi connectivity index (χ2v) is 6.01. The Morgan fingerprint density at radius 3 is 1.92 bits per heavy atom. The highest BCUT2D eigenvalue weighted by molar-refractivity contribution is 6.18. The van der Waals surface area contributed by atoms with E-state index in [9.17, 15) is 0 Å². The number of hydrogen-bond donors (Lipinski definition) is 0. The number of halogens is 1. The van der Waals surface area contributed by atoms with E-state index in [2.05, 4.69) is 74.5 Å². The molecule has 0 amide bonds. The van der Waals surface area contributed by atoms with Gasteiger partial charge in [-0.05, 0) is 49.0 Å². The Morgan fingerprint density at radius 1 is 0.880 bits per heavy atom. The molecule has 0 aliphatic heterocycles. The first kappa shape index (κ1) is 21.0. The third-order valence-corrected chi connectivity index (χ3v) is 3.99. The van der Waals surface area contributed by atoms with Crippen molar-refractivity contribution in [2.75, 3.05) is 5.88 Å². The van der Waals surface area contributed by atoms with Crippen molar-refractivity contribution in [2.45, 2.75) is 33.6 Å². The molecule has 0 aliphatic carbocycles. The van der Waals surface area contributed by atoms with Gasteiger partial charge in [-0.1, -0.05) is 91.9 Å². The van der Waals surface area contributed by atoms with E-state index in [4.69, 9.17) is 11.6 Å². The van der Waals surface area contributed by atoms with E-state index >= 15 is 0 Å². The van der Waals surface area contributed by atoms with Gasteiger partial charge in [0.2, 0.25) is 0 Å². The molecule has 132 valence electrons. The van der Waals surface area contributed by atoms with Crippen molar-refractivity contribution in [1.29, 1.82) is 0 Å². The Balaban J connectivity index is 0.000000381. The summed E-state index contributed by atoms with van der Waals surface area (Å²) in [4.78, 5) is 0. The lowest BCUT2D eigenvalue weighted by molar-refractivity contribution is 1.22. The second kappa shape index (κ2) is 13.3. The smallest absolute Gasteiger partial charge is 0.0264 e. The fourth-order valence-corrected chi connectivity index (χ4v) is 2.66. The maximum absolute atomic E-state index is 5.94. The molecule has 0 heterocycles. The lowest BCUT2D eigenvalue weighted by Crippen LogP contribution is -1.91. The molecule has 2 aromatic rings. The fraction of sp³-hybridized carbons (Fsp3) is 0.250. The number of benzene rings is 2. The highest BCUT2D eigenvalue weighted by Crippen LogP contribution is 2.28. The van der Waals surface area contributed by atoms with Crippen LogP contribution in [0.4, 0.5) is 0 Å². The molecule has 0 unspecified atom stereocenters. The summed E-state index contributed by atoms with van der Waals surface area (Å²) in [7, 11) is 0. The largest absolute Gasteiger partial charge is 0.126 e. The van der Waals surface area contributed by atoms with Crippen molar-refractivity contribution in [3.8, 4) is 0 Å². The van der Waals surface area contributed by atoms with Crippen LogP contribution in [-0.4, -0.2) is 5.88 Å². The lowest BCUT2D eigenvalue weighted by Gasteiger charge is -2.12. The summed E-state index contributed by atoms with van der Waals surface area (Å²) in [5.41, 5.74) is 5.17. The predicted molar refractivity (Wildman–Crippen MR) is 115 cm³/mol. The van der Waals surface area contributed by atoms with Crippen molar-refractivity contribution in [1.82, 2.24) is 0 Å². The van der Waals surface area contributed by atoms with Crippen LogP contribution in [0, 0.1) is 0 Å². The molecule has 0 saturated carbocycles. The number of hydrogen-bond acceptors (Lipinski definition) is 0. The molecule has 25 heavy (non-hydrogen) atoms. The van der Waals surface area contributed by atoms with Gasteiger partial charge in [0.05, 0.1) is 0 Å². The minimum absolute atomic E-state index is 0.647. The molecule has 0 saturated heterocycles. The van der Waals surface area contributed by atoms with Crippen LogP contribution in [0.5, 0.6) is 0 Å². The van der Waals surface area contributed by atoms with Gasteiger partial charge in [0.15, 0.2) is 0 Å². The zero-order valence-electron chi connectivity index (χ0n) is 15.6. The van der Waals surface area contributed by atoms with Gasteiger partial charge in [-0.2, -0.15) is 0 Å². The molecule has 0 radical (unpaired) electrons. The molecule has 0 spiro atoms. The van der Waals surface area contributed by atoms with Crippen LogP contribution in [-0.2, 0) is 0 Å². The molecular weight excluding hydrogens is 324 g/mol. The molecule has 0 fully saturated rings. The molecule has 0 aliphatic rings. The molecular formula is C24H29Cl.